The largest absolute Gasteiger partial charge is 0.419 e. The van der Waals surface area contributed by atoms with Crippen LogP contribution in [0.15, 0.2) is 59.0 Å². The fourth-order valence-corrected chi connectivity index (χ4v) is 2.33. The van der Waals surface area contributed by atoms with Crippen LogP contribution in [0.2, 0.25) is 0 Å². The van der Waals surface area contributed by atoms with E-state index >= 15 is 0 Å². The van der Waals surface area contributed by atoms with Crippen molar-refractivity contribution < 1.29 is 18.4 Å². The first-order chi connectivity index (χ1) is 12.6. The van der Waals surface area contributed by atoms with E-state index in [1.807, 2.05) is 30.3 Å². The maximum absolute atomic E-state index is 13.5. The molecule has 1 amide bonds. The molecule has 1 N–H and O–H groups in total. The number of Topliss-reactive ketones (excluding diaryl/α,β-unsaturated/α-hetero) is 1. The molecule has 7 heteroatoms. The van der Waals surface area contributed by atoms with E-state index < -0.39 is 11.6 Å². The molecule has 0 aliphatic heterocycles. The van der Waals surface area contributed by atoms with Gasteiger partial charge in [-0.3, -0.25) is 9.59 Å². The van der Waals surface area contributed by atoms with Crippen LogP contribution < -0.4 is 5.32 Å². The van der Waals surface area contributed by atoms with Crippen molar-refractivity contribution >= 4 is 11.7 Å². The first-order valence-corrected chi connectivity index (χ1v) is 8.05. The van der Waals surface area contributed by atoms with E-state index in [0.29, 0.717) is 5.89 Å². The Morgan fingerprint density at radius 2 is 1.69 bits per heavy atom. The number of aromatic nitrogens is 2. The van der Waals surface area contributed by atoms with Crippen LogP contribution in [0.25, 0.3) is 11.5 Å². The van der Waals surface area contributed by atoms with Crippen LogP contribution in [-0.2, 0) is 11.3 Å². The van der Waals surface area contributed by atoms with Gasteiger partial charge in [-0.2, -0.15) is 0 Å². The number of nitrogens with one attached hydrogen (secondary N) is 1. The first-order valence-electron chi connectivity index (χ1n) is 8.05. The predicted octanol–water partition coefficient (Wildman–Crippen LogP) is 3.16. The Labute approximate surface area is 149 Å². The highest BCUT2D eigenvalue weighted by molar-refractivity contribution is 5.98. The van der Waals surface area contributed by atoms with Gasteiger partial charge in [0.25, 0.3) is 0 Å². The van der Waals surface area contributed by atoms with Gasteiger partial charge in [-0.05, 0) is 24.3 Å². The van der Waals surface area contributed by atoms with Gasteiger partial charge in [0.2, 0.25) is 17.7 Å². The van der Waals surface area contributed by atoms with Gasteiger partial charge in [0.05, 0.1) is 12.1 Å². The van der Waals surface area contributed by atoms with Gasteiger partial charge in [-0.1, -0.05) is 30.3 Å². The first kappa shape index (κ1) is 17.5. The molecule has 3 aromatic rings. The summed E-state index contributed by atoms with van der Waals surface area (Å²) in [4.78, 5) is 23.8. The van der Waals surface area contributed by atoms with Crippen molar-refractivity contribution in [2.75, 3.05) is 0 Å². The number of carbonyl (C=O) groups excluding carboxylic acids is 2. The number of hydrogen-bond donors (Lipinski definition) is 1. The molecule has 0 fully saturated rings. The summed E-state index contributed by atoms with van der Waals surface area (Å²) in [6.45, 7) is 0.0621. The average Bonchev–Trinajstić information content (AvgIpc) is 3.14. The van der Waals surface area contributed by atoms with Gasteiger partial charge in [0.1, 0.15) is 5.82 Å². The van der Waals surface area contributed by atoms with E-state index in [2.05, 4.69) is 15.5 Å². The highest BCUT2D eigenvalue weighted by atomic mass is 19.1. The Balaban J connectivity index is 1.48. The molecule has 0 saturated carbocycles. The summed E-state index contributed by atoms with van der Waals surface area (Å²) in [5.41, 5.74) is 0.776. The second kappa shape index (κ2) is 8.15. The van der Waals surface area contributed by atoms with Gasteiger partial charge in [-0.15, -0.1) is 10.2 Å². The van der Waals surface area contributed by atoms with Gasteiger partial charge < -0.3 is 9.73 Å². The lowest BCUT2D eigenvalue weighted by atomic mass is 10.1. The van der Waals surface area contributed by atoms with Gasteiger partial charge in [0.15, 0.2) is 5.78 Å². The molecule has 0 aliphatic rings. The zero-order valence-electron chi connectivity index (χ0n) is 13.8. The van der Waals surface area contributed by atoms with Crippen LogP contribution in [0.4, 0.5) is 4.39 Å². The summed E-state index contributed by atoms with van der Waals surface area (Å²) in [7, 11) is 0. The maximum Gasteiger partial charge on any atom is 0.247 e. The summed E-state index contributed by atoms with van der Waals surface area (Å²) in [6, 6.07) is 15.0. The number of benzene rings is 2. The molecule has 2 aromatic carbocycles. The number of hydrogen-bond acceptors (Lipinski definition) is 5. The van der Waals surface area contributed by atoms with Crippen LogP contribution in [0.3, 0.4) is 0 Å². The topological polar surface area (TPSA) is 85.1 Å². The standard InChI is InChI=1S/C19H16FN3O3/c20-15-9-5-4-8-14(15)16(24)10-11-17(25)21-12-18-22-23-19(26-18)13-6-2-1-3-7-13/h1-9H,10-12H2,(H,21,25). The molecule has 6 nitrogen and oxygen atoms in total. The molecule has 0 spiro atoms. The summed E-state index contributed by atoms with van der Waals surface area (Å²) in [5, 5.41) is 10.4. The Bertz CT molecular complexity index is 909. The molecule has 0 unspecified atom stereocenters. The monoisotopic (exact) mass is 353 g/mol. The Morgan fingerprint density at radius 1 is 0.962 bits per heavy atom. The van der Waals surface area contributed by atoms with E-state index in [1.54, 1.807) is 6.07 Å². The molecular weight excluding hydrogens is 337 g/mol. The van der Waals surface area contributed by atoms with Crippen LogP contribution in [-0.4, -0.2) is 21.9 Å². The molecule has 1 heterocycles. The van der Waals surface area contributed by atoms with Gasteiger partial charge in [-0.25, -0.2) is 4.39 Å². The maximum atomic E-state index is 13.5. The van der Waals surface area contributed by atoms with Crippen molar-refractivity contribution in [1.29, 1.82) is 0 Å². The molecule has 0 atom stereocenters. The Morgan fingerprint density at radius 3 is 2.46 bits per heavy atom. The SMILES string of the molecule is O=C(CCC(=O)c1ccccc1F)NCc1nnc(-c2ccccc2)o1. The molecule has 0 radical (unpaired) electrons. The molecule has 132 valence electrons. The smallest absolute Gasteiger partial charge is 0.247 e. The summed E-state index contributed by atoms with van der Waals surface area (Å²) >= 11 is 0. The Hall–Kier alpha value is -3.35. The number of rotatable bonds is 7. The number of nitrogens with zero attached hydrogens (tertiary/aromatic N) is 2. The molecule has 0 aliphatic carbocycles. The third-order valence-electron chi connectivity index (χ3n) is 3.68. The number of halogens is 1. The minimum absolute atomic E-state index is 0.00953. The van der Waals surface area contributed by atoms with Crippen molar-refractivity contribution in [2.45, 2.75) is 19.4 Å². The molecule has 0 bridgehead atoms. The van der Waals surface area contributed by atoms with Crippen LogP contribution >= 0.6 is 0 Å². The van der Waals surface area contributed by atoms with Crippen molar-refractivity contribution in [2.24, 2.45) is 0 Å². The normalized spacial score (nSPS) is 10.5. The summed E-state index contributed by atoms with van der Waals surface area (Å²) in [6.07, 6.45) is -0.126. The predicted molar refractivity (Wildman–Crippen MR) is 91.5 cm³/mol. The van der Waals surface area contributed by atoms with Crippen molar-refractivity contribution in [3.05, 3.63) is 71.9 Å². The number of carbonyl (C=O) groups is 2. The van der Waals surface area contributed by atoms with E-state index in [-0.39, 0.29) is 36.7 Å². The lowest BCUT2D eigenvalue weighted by molar-refractivity contribution is -0.121. The zero-order valence-corrected chi connectivity index (χ0v) is 13.8. The number of ketones is 1. The van der Waals surface area contributed by atoms with Gasteiger partial charge >= 0.3 is 0 Å². The molecule has 0 saturated heterocycles. The molecule has 1 aromatic heterocycles. The lowest BCUT2D eigenvalue weighted by Crippen LogP contribution is -2.23. The van der Waals surface area contributed by atoms with E-state index in [4.69, 9.17) is 4.42 Å². The van der Waals surface area contributed by atoms with Crippen LogP contribution in [0.1, 0.15) is 29.1 Å². The average molecular weight is 353 g/mol. The molecular formula is C19H16FN3O3. The fourth-order valence-electron chi connectivity index (χ4n) is 2.33. The quantitative estimate of drug-likeness (QED) is 0.660. The van der Waals surface area contributed by atoms with E-state index in [1.165, 1.54) is 18.2 Å². The lowest BCUT2D eigenvalue weighted by Gasteiger charge is -2.03. The summed E-state index contributed by atoms with van der Waals surface area (Å²) in [5.74, 6) is -0.726. The van der Waals surface area contributed by atoms with Crippen molar-refractivity contribution in [1.82, 2.24) is 15.5 Å². The van der Waals surface area contributed by atoms with Crippen molar-refractivity contribution in [3.63, 3.8) is 0 Å². The minimum atomic E-state index is -0.586. The third-order valence-corrected chi connectivity index (χ3v) is 3.68. The van der Waals surface area contributed by atoms with E-state index in [9.17, 15) is 14.0 Å². The second-order valence-corrected chi connectivity index (χ2v) is 5.55. The Kier molecular flexibility index (Phi) is 5.48. The third kappa shape index (κ3) is 4.38. The number of amides is 1. The zero-order chi connectivity index (χ0) is 18.4. The summed E-state index contributed by atoms with van der Waals surface area (Å²) < 4.78 is 19.0. The highest BCUT2D eigenvalue weighted by Crippen LogP contribution is 2.16. The molecule has 26 heavy (non-hydrogen) atoms. The van der Waals surface area contributed by atoms with Gasteiger partial charge in [0, 0.05) is 18.4 Å². The fraction of sp³-hybridized carbons (Fsp3) is 0.158. The minimum Gasteiger partial charge on any atom is -0.419 e. The van der Waals surface area contributed by atoms with E-state index in [0.717, 1.165) is 5.56 Å². The molecule has 3 rings (SSSR count). The van der Waals surface area contributed by atoms with Crippen molar-refractivity contribution in [3.8, 4) is 11.5 Å². The van der Waals surface area contributed by atoms with Crippen LogP contribution in [0, 0.1) is 5.82 Å². The van der Waals surface area contributed by atoms with Crippen LogP contribution in [0.5, 0.6) is 0 Å². The second-order valence-electron chi connectivity index (χ2n) is 5.55. The highest BCUT2D eigenvalue weighted by Gasteiger charge is 2.14.